The highest BCUT2D eigenvalue weighted by molar-refractivity contribution is 6.06. The van der Waals surface area contributed by atoms with Gasteiger partial charge in [0.05, 0.1) is 5.57 Å². The number of hydrogen-bond acceptors (Lipinski definition) is 6. The molecule has 0 saturated heterocycles. The first-order valence-corrected chi connectivity index (χ1v) is 9.82. The van der Waals surface area contributed by atoms with Crippen molar-refractivity contribution in [2.45, 2.75) is 13.0 Å². The molecule has 2 N–H and O–H groups in total. The number of hydrogen-bond donors (Lipinski definition) is 2. The number of pyridine rings is 2. The number of amides is 1. The first-order chi connectivity index (χ1) is 15.2. The summed E-state index contributed by atoms with van der Waals surface area (Å²) in [6, 6.07) is 16.4. The van der Waals surface area contributed by atoms with Crippen molar-refractivity contribution in [3.05, 3.63) is 96.2 Å². The van der Waals surface area contributed by atoms with Gasteiger partial charge in [-0.2, -0.15) is 4.98 Å². The Kier molecular flexibility index (Phi) is 4.72. The van der Waals surface area contributed by atoms with E-state index in [0.717, 1.165) is 16.8 Å². The van der Waals surface area contributed by atoms with E-state index in [1.165, 1.54) is 0 Å². The highest BCUT2D eigenvalue weighted by atomic mass is 16.1. The minimum absolute atomic E-state index is 0.214. The molecule has 152 valence electrons. The lowest BCUT2D eigenvalue weighted by Gasteiger charge is -2.28. The SMILES string of the molecule is CC1=C(C(=O)Nc2ccccc2)[C@@H](c2cccnc2)n2nc(-c3cccnc3)nc2N1. The Labute approximate surface area is 178 Å². The fraction of sp³-hybridized carbons (Fsp3) is 0.0870. The summed E-state index contributed by atoms with van der Waals surface area (Å²) in [6.45, 7) is 1.87. The molecule has 0 unspecified atom stereocenters. The number of fused-ring (bicyclic) bond motifs is 1. The zero-order valence-electron chi connectivity index (χ0n) is 16.7. The van der Waals surface area contributed by atoms with E-state index in [-0.39, 0.29) is 5.91 Å². The fourth-order valence-electron chi connectivity index (χ4n) is 3.63. The van der Waals surface area contributed by atoms with E-state index in [2.05, 4.69) is 25.6 Å². The third-order valence-corrected chi connectivity index (χ3v) is 5.05. The Morgan fingerprint density at radius 1 is 1.00 bits per heavy atom. The number of anilines is 2. The number of benzene rings is 1. The highest BCUT2D eigenvalue weighted by Crippen LogP contribution is 2.36. The molecule has 8 heteroatoms. The predicted molar refractivity (Wildman–Crippen MR) is 117 cm³/mol. The number of allylic oxidation sites excluding steroid dienone is 1. The summed E-state index contributed by atoms with van der Waals surface area (Å²) in [5.74, 6) is 0.873. The molecule has 1 amide bonds. The molecule has 31 heavy (non-hydrogen) atoms. The lowest BCUT2D eigenvalue weighted by atomic mass is 9.96. The van der Waals surface area contributed by atoms with Crippen LogP contribution < -0.4 is 10.6 Å². The van der Waals surface area contributed by atoms with Crippen LogP contribution in [0.25, 0.3) is 11.4 Å². The van der Waals surface area contributed by atoms with Crippen LogP contribution in [0.3, 0.4) is 0 Å². The van der Waals surface area contributed by atoms with Crippen LogP contribution in [0.5, 0.6) is 0 Å². The number of nitrogens with zero attached hydrogens (tertiary/aromatic N) is 5. The smallest absolute Gasteiger partial charge is 0.255 e. The summed E-state index contributed by atoms with van der Waals surface area (Å²) < 4.78 is 1.73. The van der Waals surface area contributed by atoms with Gasteiger partial charge in [0.25, 0.3) is 5.91 Å². The van der Waals surface area contributed by atoms with Gasteiger partial charge in [-0.15, -0.1) is 5.10 Å². The van der Waals surface area contributed by atoms with E-state index >= 15 is 0 Å². The molecule has 8 nitrogen and oxygen atoms in total. The zero-order valence-corrected chi connectivity index (χ0v) is 16.7. The molecule has 0 radical (unpaired) electrons. The molecule has 0 saturated carbocycles. The van der Waals surface area contributed by atoms with E-state index in [9.17, 15) is 4.79 Å². The topological polar surface area (TPSA) is 97.6 Å². The lowest BCUT2D eigenvalue weighted by molar-refractivity contribution is -0.113. The summed E-state index contributed by atoms with van der Waals surface area (Å²) in [5.41, 5.74) is 3.61. The van der Waals surface area contributed by atoms with Gasteiger partial charge in [-0.05, 0) is 42.8 Å². The van der Waals surface area contributed by atoms with Gasteiger partial charge in [-0.1, -0.05) is 24.3 Å². The van der Waals surface area contributed by atoms with Gasteiger partial charge in [-0.25, -0.2) is 4.68 Å². The van der Waals surface area contributed by atoms with Gasteiger partial charge in [0.1, 0.15) is 6.04 Å². The first-order valence-electron chi connectivity index (χ1n) is 9.82. The van der Waals surface area contributed by atoms with Crippen molar-refractivity contribution in [1.82, 2.24) is 24.7 Å². The van der Waals surface area contributed by atoms with E-state index in [1.807, 2.05) is 61.5 Å². The molecule has 1 aliphatic rings. The van der Waals surface area contributed by atoms with Crippen molar-refractivity contribution in [3.63, 3.8) is 0 Å². The van der Waals surface area contributed by atoms with Crippen molar-refractivity contribution in [3.8, 4) is 11.4 Å². The molecule has 1 aliphatic heterocycles. The second-order valence-corrected chi connectivity index (χ2v) is 7.12. The van der Waals surface area contributed by atoms with Crippen molar-refractivity contribution in [2.75, 3.05) is 10.6 Å². The Balaban J connectivity index is 1.60. The molecule has 0 spiro atoms. The van der Waals surface area contributed by atoms with Gasteiger partial charge < -0.3 is 10.6 Å². The molecular formula is C23H19N7O. The minimum Gasteiger partial charge on any atom is -0.328 e. The molecule has 5 rings (SSSR count). The van der Waals surface area contributed by atoms with E-state index in [0.29, 0.717) is 23.0 Å². The first kappa shape index (κ1) is 18.7. The monoisotopic (exact) mass is 409 g/mol. The normalized spacial score (nSPS) is 15.2. The number of aromatic nitrogens is 5. The maximum atomic E-state index is 13.3. The van der Waals surface area contributed by atoms with Gasteiger partial charge in [0.2, 0.25) is 5.95 Å². The van der Waals surface area contributed by atoms with Gasteiger partial charge in [0, 0.05) is 41.7 Å². The van der Waals surface area contributed by atoms with Crippen LogP contribution in [-0.2, 0) is 4.79 Å². The number of rotatable bonds is 4. The Morgan fingerprint density at radius 2 is 1.77 bits per heavy atom. The molecule has 4 heterocycles. The quantitative estimate of drug-likeness (QED) is 0.534. The second kappa shape index (κ2) is 7.83. The minimum atomic E-state index is -0.480. The molecule has 0 aliphatic carbocycles. The third kappa shape index (κ3) is 3.55. The number of para-hydroxylation sites is 1. The van der Waals surface area contributed by atoms with Crippen molar-refractivity contribution >= 4 is 17.5 Å². The summed E-state index contributed by atoms with van der Waals surface area (Å²) in [4.78, 5) is 26.4. The van der Waals surface area contributed by atoms with E-state index in [1.54, 1.807) is 29.5 Å². The zero-order chi connectivity index (χ0) is 21.2. The van der Waals surface area contributed by atoms with Crippen LogP contribution >= 0.6 is 0 Å². The summed E-state index contributed by atoms with van der Waals surface area (Å²) in [5, 5.41) is 10.9. The third-order valence-electron chi connectivity index (χ3n) is 5.05. The summed E-state index contributed by atoms with van der Waals surface area (Å²) in [6.07, 6.45) is 6.86. The van der Waals surface area contributed by atoms with Crippen LogP contribution in [-0.4, -0.2) is 30.6 Å². The average Bonchev–Trinajstić information content (AvgIpc) is 3.23. The van der Waals surface area contributed by atoms with Gasteiger partial charge in [0.15, 0.2) is 5.82 Å². The van der Waals surface area contributed by atoms with Crippen molar-refractivity contribution in [2.24, 2.45) is 0 Å². The van der Waals surface area contributed by atoms with E-state index in [4.69, 9.17) is 5.10 Å². The maximum absolute atomic E-state index is 13.3. The van der Waals surface area contributed by atoms with Gasteiger partial charge in [-0.3, -0.25) is 14.8 Å². The lowest BCUT2D eigenvalue weighted by Crippen LogP contribution is -2.31. The highest BCUT2D eigenvalue weighted by Gasteiger charge is 2.34. The van der Waals surface area contributed by atoms with Gasteiger partial charge >= 0.3 is 0 Å². The average molecular weight is 409 g/mol. The molecule has 0 bridgehead atoms. The number of carbonyl (C=O) groups is 1. The largest absolute Gasteiger partial charge is 0.328 e. The molecule has 1 aromatic carbocycles. The fourth-order valence-corrected chi connectivity index (χ4v) is 3.63. The summed E-state index contributed by atoms with van der Waals surface area (Å²) >= 11 is 0. The maximum Gasteiger partial charge on any atom is 0.255 e. The number of carbonyl (C=O) groups excluding carboxylic acids is 1. The van der Waals surface area contributed by atoms with E-state index < -0.39 is 6.04 Å². The number of nitrogens with one attached hydrogen (secondary N) is 2. The Morgan fingerprint density at radius 3 is 2.48 bits per heavy atom. The van der Waals surface area contributed by atoms with Crippen molar-refractivity contribution in [1.29, 1.82) is 0 Å². The molecule has 4 aromatic rings. The van der Waals surface area contributed by atoms with Crippen LogP contribution in [0, 0.1) is 0 Å². The van der Waals surface area contributed by atoms with Crippen LogP contribution in [0.1, 0.15) is 18.5 Å². The summed E-state index contributed by atoms with van der Waals surface area (Å²) in [7, 11) is 0. The molecule has 1 atom stereocenters. The molecule has 3 aromatic heterocycles. The Bertz CT molecular complexity index is 1250. The second-order valence-electron chi connectivity index (χ2n) is 7.12. The predicted octanol–water partition coefficient (Wildman–Crippen LogP) is 3.66. The Hall–Kier alpha value is -4.33. The standard InChI is InChI=1S/C23H19N7O/c1-15-19(22(31)27-18-9-3-2-4-10-18)20(16-7-5-11-24-13-16)30-23(26-15)28-21(29-30)17-8-6-12-25-14-17/h2-14,20H,1H3,(H,27,31)(H,26,28,29)/t20-/m1/s1. The van der Waals surface area contributed by atoms with Crippen LogP contribution in [0.2, 0.25) is 0 Å². The van der Waals surface area contributed by atoms with Crippen molar-refractivity contribution < 1.29 is 4.79 Å². The van der Waals surface area contributed by atoms with Crippen LogP contribution in [0.4, 0.5) is 11.6 Å². The molecular weight excluding hydrogens is 390 g/mol. The molecule has 0 fully saturated rings. The van der Waals surface area contributed by atoms with Crippen LogP contribution in [0.15, 0.2) is 90.7 Å².